The highest BCUT2D eigenvalue weighted by Crippen LogP contribution is 2.22. The van der Waals surface area contributed by atoms with Gasteiger partial charge in [0.2, 0.25) is 0 Å². The smallest absolute Gasteiger partial charge is 0.151 e. The highest BCUT2D eigenvalue weighted by molar-refractivity contribution is 5.63. The summed E-state index contributed by atoms with van der Waals surface area (Å²) in [5, 5.41) is 0. The molecule has 0 saturated carbocycles. The zero-order valence-electron chi connectivity index (χ0n) is 11.7. The Bertz CT molecular complexity index is 397. The van der Waals surface area contributed by atoms with Gasteiger partial charge in [-0.3, -0.25) is 4.90 Å². The summed E-state index contributed by atoms with van der Waals surface area (Å²) in [6.45, 7) is 10.8. The third-order valence-electron chi connectivity index (χ3n) is 3.86. The number of rotatable bonds is 3. The van der Waals surface area contributed by atoms with Crippen molar-refractivity contribution in [1.82, 2.24) is 9.88 Å². The summed E-state index contributed by atoms with van der Waals surface area (Å²) in [4.78, 5) is 9.32. The highest BCUT2D eigenvalue weighted by Gasteiger charge is 2.21. The van der Waals surface area contributed by atoms with Gasteiger partial charge in [-0.25, -0.2) is 4.98 Å². The molecule has 4 nitrogen and oxygen atoms in total. The Labute approximate surface area is 110 Å². The van der Waals surface area contributed by atoms with Crippen LogP contribution in [0.15, 0.2) is 12.3 Å². The van der Waals surface area contributed by atoms with E-state index in [9.17, 15) is 0 Å². The van der Waals surface area contributed by atoms with E-state index in [-0.39, 0.29) is 0 Å². The molecular weight excluding hydrogens is 224 g/mol. The van der Waals surface area contributed by atoms with Crippen LogP contribution in [0.25, 0.3) is 0 Å². The maximum absolute atomic E-state index is 6.06. The van der Waals surface area contributed by atoms with Crippen molar-refractivity contribution in [3.05, 3.63) is 17.8 Å². The second kappa shape index (κ2) is 5.57. The summed E-state index contributed by atoms with van der Waals surface area (Å²) in [5.74, 6) is 0.949. The van der Waals surface area contributed by atoms with Crippen LogP contribution >= 0.6 is 0 Å². The summed E-state index contributed by atoms with van der Waals surface area (Å²) in [5.41, 5.74) is 7.97. The van der Waals surface area contributed by atoms with E-state index in [1.54, 1.807) is 0 Å². The topological polar surface area (TPSA) is 45.4 Å². The standard InChI is InChI=1S/C14H24N4/c1-4-12(3)17-5-7-18(8-6-17)14-13(15)9-11(2)10-16-14/h9-10,12H,4-8,15H2,1-3H3. The molecule has 1 aromatic rings. The molecular formula is C14H24N4. The van der Waals surface area contributed by atoms with Gasteiger partial charge in [0.25, 0.3) is 0 Å². The Kier molecular flexibility index (Phi) is 4.07. The van der Waals surface area contributed by atoms with Gasteiger partial charge in [-0.15, -0.1) is 0 Å². The molecule has 0 aliphatic carbocycles. The van der Waals surface area contributed by atoms with E-state index in [0.29, 0.717) is 6.04 Å². The third-order valence-corrected chi connectivity index (χ3v) is 3.86. The Morgan fingerprint density at radius 1 is 1.33 bits per heavy atom. The van der Waals surface area contributed by atoms with Gasteiger partial charge in [0.1, 0.15) is 0 Å². The highest BCUT2D eigenvalue weighted by atomic mass is 15.3. The lowest BCUT2D eigenvalue weighted by Gasteiger charge is -2.38. The lowest BCUT2D eigenvalue weighted by atomic mass is 10.2. The van der Waals surface area contributed by atoms with Gasteiger partial charge in [-0.05, 0) is 31.9 Å². The molecule has 2 rings (SSSR count). The van der Waals surface area contributed by atoms with Crippen LogP contribution in [0.1, 0.15) is 25.8 Å². The molecule has 0 bridgehead atoms. The number of aromatic nitrogens is 1. The van der Waals surface area contributed by atoms with Gasteiger partial charge in [-0.2, -0.15) is 0 Å². The molecule has 0 amide bonds. The second-order valence-corrected chi connectivity index (χ2v) is 5.21. The van der Waals surface area contributed by atoms with Crippen molar-refractivity contribution < 1.29 is 0 Å². The number of piperazine rings is 1. The first-order chi connectivity index (χ1) is 8.61. The minimum atomic E-state index is 0.676. The summed E-state index contributed by atoms with van der Waals surface area (Å²) >= 11 is 0. The molecule has 0 aromatic carbocycles. The van der Waals surface area contributed by atoms with Crippen LogP contribution in [0, 0.1) is 6.92 Å². The maximum Gasteiger partial charge on any atom is 0.151 e. The quantitative estimate of drug-likeness (QED) is 0.887. The second-order valence-electron chi connectivity index (χ2n) is 5.21. The van der Waals surface area contributed by atoms with Crippen molar-refractivity contribution >= 4 is 11.5 Å². The molecule has 1 saturated heterocycles. The van der Waals surface area contributed by atoms with Crippen molar-refractivity contribution in [2.45, 2.75) is 33.2 Å². The van der Waals surface area contributed by atoms with E-state index < -0.39 is 0 Å². The van der Waals surface area contributed by atoms with Crippen LogP contribution in [0.3, 0.4) is 0 Å². The number of pyridine rings is 1. The minimum absolute atomic E-state index is 0.676. The molecule has 18 heavy (non-hydrogen) atoms. The number of anilines is 2. The normalized spacial score (nSPS) is 18.9. The monoisotopic (exact) mass is 248 g/mol. The molecule has 2 heterocycles. The number of nitrogens with zero attached hydrogens (tertiary/aromatic N) is 3. The van der Waals surface area contributed by atoms with Crippen LogP contribution in [-0.4, -0.2) is 42.1 Å². The molecule has 1 aliphatic heterocycles. The molecule has 0 radical (unpaired) electrons. The van der Waals surface area contributed by atoms with Crippen molar-refractivity contribution in [3.8, 4) is 0 Å². The van der Waals surface area contributed by atoms with Gasteiger partial charge in [-0.1, -0.05) is 6.92 Å². The average molecular weight is 248 g/mol. The Morgan fingerprint density at radius 3 is 2.56 bits per heavy atom. The minimum Gasteiger partial charge on any atom is -0.396 e. The first-order valence-electron chi connectivity index (χ1n) is 6.83. The molecule has 2 N–H and O–H groups in total. The number of hydrogen-bond acceptors (Lipinski definition) is 4. The van der Waals surface area contributed by atoms with Crippen LogP contribution in [0.5, 0.6) is 0 Å². The lowest BCUT2D eigenvalue weighted by molar-refractivity contribution is 0.192. The number of aryl methyl sites for hydroxylation is 1. The van der Waals surface area contributed by atoms with Crippen molar-refractivity contribution in [2.24, 2.45) is 0 Å². The van der Waals surface area contributed by atoms with E-state index in [2.05, 4.69) is 28.6 Å². The fraction of sp³-hybridized carbons (Fsp3) is 0.643. The molecule has 4 heteroatoms. The zero-order valence-corrected chi connectivity index (χ0v) is 11.7. The van der Waals surface area contributed by atoms with Gasteiger partial charge in [0.05, 0.1) is 5.69 Å². The number of nitrogen functional groups attached to an aromatic ring is 1. The molecule has 1 aromatic heterocycles. The Hall–Kier alpha value is -1.29. The van der Waals surface area contributed by atoms with E-state index in [0.717, 1.165) is 43.2 Å². The molecule has 100 valence electrons. The predicted molar refractivity (Wildman–Crippen MR) is 76.9 cm³/mol. The van der Waals surface area contributed by atoms with Crippen LogP contribution in [-0.2, 0) is 0 Å². The van der Waals surface area contributed by atoms with Gasteiger partial charge < -0.3 is 10.6 Å². The van der Waals surface area contributed by atoms with Gasteiger partial charge in [0, 0.05) is 38.4 Å². The first-order valence-corrected chi connectivity index (χ1v) is 6.83. The van der Waals surface area contributed by atoms with E-state index in [1.807, 2.05) is 19.2 Å². The van der Waals surface area contributed by atoms with E-state index in [1.165, 1.54) is 6.42 Å². The van der Waals surface area contributed by atoms with Crippen LogP contribution < -0.4 is 10.6 Å². The predicted octanol–water partition coefficient (Wildman–Crippen LogP) is 1.89. The molecule has 1 aliphatic rings. The summed E-state index contributed by atoms with van der Waals surface area (Å²) in [6.07, 6.45) is 3.11. The Morgan fingerprint density at radius 2 is 2.00 bits per heavy atom. The Balaban J connectivity index is 2.01. The van der Waals surface area contributed by atoms with Crippen LogP contribution in [0.2, 0.25) is 0 Å². The molecule has 1 fully saturated rings. The van der Waals surface area contributed by atoms with Crippen molar-refractivity contribution in [1.29, 1.82) is 0 Å². The van der Waals surface area contributed by atoms with Gasteiger partial charge >= 0.3 is 0 Å². The first kappa shape index (κ1) is 13.1. The largest absolute Gasteiger partial charge is 0.396 e. The van der Waals surface area contributed by atoms with Crippen molar-refractivity contribution in [3.63, 3.8) is 0 Å². The van der Waals surface area contributed by atoms with Crippen molar-refractivity contribution in [2.75, 3.05) is 36.8 Å². The lowest BCUT2D eigenvalue weighted by Crippen LogP contribution is -2.49. The molecule has 0 spiro atoms. The SMILES string of the molecule is CCC(C)N1CCN(c2ncc(C)cc2N)CC1. The fourth-order valence-corrected chi connectivity index (χ4v) is 2.48. The third kappa shape index (κ3) is 2.75. The average Bonchev–Trinajstić information content (AvgIpc) is 2.38. The van der Waals surface area contributed by atoms with E-state index >= 15 is 0 Å². The van der Waals surface area contributed by atoms with Crippen LogP contribution in [0.4, 0.5) is 11.5 Å². The van der Waals surface area contributed by atoms with E-state index in [4.69, 9.17) is 5.73 Å². The fourth-order valence-electron chi connectivity index (χ4n) is 2.48. The molecule has 1 atom stereocenters. The summed E-state index contributed by atoms with van der Waals surface area (Å²) in [6, 6.07) is 2.68. The zero-order chi connectivity index (χ0) is 13.1. The summed E-state index contributed by atoms with van der Waals surface area (Å²) < 4.78 is 0. The number of nitrogens with two attached hydrogens (primary N) is 1. The molecule has 1 unspecified atom stereocenters. The number of hydrogen-bond donors (Lipinski definition) is 1. The maximum atomic E-state index is 6.06. The van der Waals surface area contributed by atoms with Gasteiger partial charge in [0.15, 0.2) is 5.82 Å². The summed E-state index contributed by atoms with van der Waals surface area (Å²) in [7, 11) is 0.